The first-order chi connectivity index (χ1) is 9.95. The average molecular weight is 295 g/mol. The molecule has 0 aromatic heterocycles. The molecule has 0 saturated carbocycles. The van der Waals surface area contributed by atoms with Gasteiger partial charge in [0.05, 0.1) is 26.1 Å². The molecule has 0 bridgehead atoms. The maximum Gasteiger partial charge on any atom is 0.308 e. The molecule has 0 fully saturated rings. The van der Waals surface area contributed by atoms with Crippen LogP contribution in [-0.2, 0) is 9.59 Å². The van der Waals surface area contributed by atoms with Gasteiger partial charge in [-0.1, -0.05) is 19.1 Å². The zero-order valence-corrected chi connectivity index (χ0v) is 12.5. The molecule has 0 radical (unpaired) electrons. The number of carbonyl (C=O) groups is 2. The van der Waals surface area contributed by atoms with Crippen LogP contribution < -0.4 is 9.47 Å². The van der Waals surface area contributed by atoms with Crippen molar-refractivity contribution in [3.63, 3.8) is 0 Å². The zero-order chi connectivity index (χ0) is 15.8. The molecule has 1 rings (SSSR count). The fourth-order valence-electron chi connectivity index (χ4n) is 1.77. The van der Waals surface area contributed by atoms with Crippen LogP contribution >= 0.6 is 0 Å². The third kappa shape index (κ3) is 5.33. The van der Waals surface area contributed by atoms with Crippen molar-refractivity contribution in [2.75, 3.05) is 27.3 Å². The second-order valence-electron chi connectivity index (χ2n) is 4.76. The highest BCUT2D eigenvalue weighted by atomic mass is 16.5. The van der Waals surface area contributed by atoms with Crippen molar-refractivity contribution in [1.82, 2.24) is 4.90 Å². The van der Waals surface area contributed by atoms with Crippen molar-refractivity contribution >= 4 is 11.9 Å². The van der Waals surface area contributed by atoms with Gasteiger partial charge in [-0.3, -0.25) is 9.59 Å². The molecule has 1 amide bonds. The lowest BCUT2D eigenvalue weighted by Gasteiger charge is -2.19. The molecule has 6 heteroatoms. The topological polar surface area (TPSA) is 76.1 Å². The van der Waals surface area contributed by atoms with E-state index in [-0.39, 0.29) is 25.5 Å². The summed E-state index contributed by atoms with van der Waals surface area (Å²) in [6.07, 6.45) is 0.181. The van der Waals surface area contributed by atoms with Crippen LogP contribution in [0.15, 0.2) is 24.3 Å². The standard InChI is InChI=1S/C15H21NO5/c1-11(15(18)19)10-16(2)14(17)8-9-21-13-7-5-4-6-12(13)20-3/h4-7,11H,8-10H2,1-3H3,(H,18,19). The summed E-state index contributed by atoms with van der Waals surface area (Å²) in [5, 5.41) is 8.82. The number of ether oxygens (including phenoxy) is 2. The predicted octanol–water partition coefficient (Wildman–Crippen LogP) is 1.64. The molecule has 0 aliphatic carbocycles. The summed E-state index contributed by atoms with van der Waals surface area (Å²) in [7, 11) is 3.14. The third-order valence-corrected chi connectivity index (χ3v) is 3.04. The molecule has 116 valence electrons. The Bertz CT molecular complexity index is 489. The van der Waals surface area contributed by atoms with Crippen LogP contribution in [0.1, 0.15) is 13.3 Å². The smallest absolute Gasteiger partial charge is 0.308 e. The maximum atomic E-state index is 11.9. The normalized spacial score (nSPS) is 11.6. The summed E-state index contributed by atoms with van der Waals surface area (Å²) in [6.45, 7) is 1.96. The number of para-hydroxylation sites is 2. The highest BCUT2D eigenvalue weighted by molar-refractivity contribution is 5.77. The molecule has 6 nitrogen and oxygen atoms in total. The molecule has 0 spiro atoms. The number of hydrogen-bond acceptors (Lipinski definition) is 4. The Labute approximate surface area is 124 Å². The highest BCUT2D eigenvalue weighted by Crippen LogP contribution is 2.25. The number of rotatable bonds is 8. The molecule has 0 aliphatic rings. The van der Waals surface area contributed by atoms with Gasteiger partial charge >= 0.3 is 5.97 Å². The van der Waals surface area contributed by atoms with Gasteiger partial charge in [0.25, 0.3) is 0 Å². The monoisotopic (exact) mass is 295 g/mol. The van der Waals surface area contributed by atoms with Crippen LogP contribution in [0, 0.1) is 5.92 Å². The molecular weight excluding hydrogens is 274 g/mol. The van der Waals surface area contributed by atoms with Crippen molar-refractivity contribution in [1.29, 1.82) is 0 Å². The lowest BCUT2D eigenvalue weighted by Crippen LogP contribution is -2.34. The van der Waals surface area contributed by atoms with E-state index >= 15 is 0 Å². The fraction of sp³-hybridized carbons (Fsp3) is 0.467. The Balaban J connectivity index is 2.41. The third-order valence-electron chi connectivity index (χ3n) is 3.04. The van der Waals surface area contributed by atoms with Crippen LogP contribution in [-0.4, -0.2) is 49.2 Å². The molecular formula is C15H21NO5. The maximum absolute atomic E-state index is 11.9. The van der Waals surface area contributed by atoms with Crippen molar-refractivity contribution in [2.24, 2.45) is 5.92 Å². The van der Waals surface area contributed by atoms with Gasteiger partial charge in [-0.15, -0.1) is 0 Å². The summed E-state index contributed by atoms with van der Waals surface area (Å²) in [6, 6.07) is 7.19. The first-order valence-electron chi connectivity index (χ1n) is 6.68. The summed E-state index contributed by atoms with van der Waals surface area (Å²) >= 11 is 0. The van der Waals surface area contributed by atoms with Gasteiger partial charge in [0.2, 0.25) is 5.91 Å². The Morgan fingerprint density at radius 2 is 1.90 bits per heavy atom. The number of amides is 1. The molecule has 21 heavy (non-hydrogen) atoms. The minimum Gasteiger partial charge on any atom is -0.493 e. The number of hydrogen-bond donors (Lipinski definition) is 1. The largest absolute Gasteiger partial charge is 0.493 e. The number of methoxy groups -OCH3 is 1. The Kier molecular flexibility index (Phi) is 6.52. The van der Waals surface area contributed by atoms with Gasteiger partial charge in [-0.2, -0.15) is 0 Å². The molecule has 0 aliphatic heterocycles. The Hall–Kier alpha value is -2.24. The number of carboxylic acid groups (broad SMARTS) is 1. The zero-order valence-electron chi connectivity index (χ0n) is 12.5. The van der Waals surface area contributed by atoms with Gasteiger partial charge in [-0.05, 0) is 12.1 Å². The minimum atomic E-state index is -0.917. The van der Waals surface area contributed by atoms with Crippen LogP contribution in [0.4, 0.5) is 0 Å². The molecule has 1 aromatic rings. The minimum absolute atomic E-state index is 0.155. The van der Waals surface area contributed by atoms with E-state index in [1.54, 1.807) is 33.2 Å². The number of carbonyl (C=O) groups excluding carboxylic acids is 1. The van der Waals surface area contributed by atoms with E-state index in [1.807, 2.05) is 12.1 Å². The summed E-state index contributed by atoms with van der Waals surface area (Å²) < 4.78 is 10.7. The van der Waals surface area contributed by atoms with Gasteiger partial charge < -0.3 is 19.5 Å². The highest BCUT2D eigenvalue weighted by Gasteiger charge is 2.17. The van der Waals surface area contributed by atoms with Gasteiger partial charge in [0.15, 0.2) is 11.5 Å². The molecule has 1 aromatic carbocycles. The van der Waals surface area contributed by atoms with Gasteiger partial charge in [0, 0.05) is 13.6 Å². The predicted molar refractivity (Wildman–Crippen MR) is 77.5 cm³/mol. The first kappa shape index (κ1) is 16.8. The summed E-state index contributed by atoms with van der Waals surface area (Å²) in [4.78, 5) is 24.0. The average Bonchev–Trinajstić information content (AvgIpc) is 2.47. The lowest BCUT2D eigenvalue weighted by molar-refractivity contribution is -0.142. The lowest BCUT2D eigenvalue weighted by atomic mass is 10.2. The molecule has 0 heterocycles. The van der Waals surface area contributed by atoms with E-state index in [9.17, 15) is 9.59 Å². The van der Waals surface area contributed by atoms with E-state index in [1.165, 1.54) is 4.90 Å². The van der Waals surface area contributed by atoms with Gasteiger partial charge in [0.1, 0.15) is 0 Å². The second-order valence-corrected chi connectivity index (χ2v) is 4.76. The number of carboxylic acids is 1. The van der Waals surface area contributed by atoms with Crippen LogP contribution in [0.25, 0.3) is 0 Å². The SMILES string of the molecule is COc1ccccc1OCCC(=O)N(C)CC(C)C(=O)O. The first-order valence-corrected chi connectivity index (χ1v) is 6.68. The van der Waals surface area contributed by atoms with Crippen molar-refractivity contribution in [3.05, 3.63) is 24.3 Å². The van der Waals surface area contributed by atoms with Crippen LogP contribution in [0.5, 0.6) is 11.5 Å². The van der Waals surface area contributed by atoms with Crippen molar-refractivity contribution < 1.29 is 24.2 Å². The number of benzene rings is 1. The van der Waals surface area contributed by atoms with E-state index in [2.05, 4.69) is 0 Å². The fourth-order valence-corrected chi connectivity index (χ4v) is 1.77. The quantitative estimate of drug-likeness (QED) is 0.789. The Morgan fingerprint density at radius 1 is 1.29 bits per heavy atom. The molecule has 1 unspecified atom stereocenters. The van der Waals surface area contributed by atoms with Crippen molar-refractivity contribution in [3.8, 4) is 11.5 Å². The molecule has 1 N–H and O–H groups in total. The number of aliphatic carboxylic acids is 1. The van der Waals surface area contributed by atoms with E-state index in [0.29, 0.717) is 11.5 Å². The summed E-state index contributed by atoms with van der Waals surface area (Å²) in [5.74, 6) is -0.473. The Morgan fingerprint density at radius 3 is 2.48 bits per heavy atom. The van der Waals surface area contributed by atoms with Crippen LogP contribution in [0.2, 0.25) is 0 Å². The van der Waals surface area contributed by atoms with E-state index in [0.717, 1.165) is 0 Å². The van der Waals surface area contributed by atoms with Crippen molar-refractivity contribution in [2.45, 2.75) is 13.3 Å². The van der Waals surface area contributed by atoms with E-state index in [4.69, 9.17) is 14.6 Å². The van der Waals surface area contributed by atoms with Crippen LogP contribution in [0.3, 0.4) is 0 Å². The molecule has 1 atom stereocenters. The van der Waals surface area contributed by atoms with E-state index < -0.39 is 11.9 Å². The van der Waals surface area contributed by atoms with Gasteiger partial charge in [-0.25, -0.2) is 0 Å². The second kappa shape index (κ2) is 8.14. The molecule has 0 saturated heterocycles. The summed E-state index contributed by atoms with van der Waals surface area (Å²) in [5.41, 5.74) is 0. The number of nitrogens with zero attached hydrogens (tertiary/aromatic N) is 1.